The summed E-state index contributed by atoms with van der Waals surface area (Å²) in [7, 11) is 1.50. The Morgan fingerprint density at radius 2 is 1.70 bits per heavy atom. The SMILES string of the molecule is COc1ccc(C)cc1NC(=O)COC(=O)COc1ccc(C(C)=O)cc1. The summed E-state index contributed by atoms with van der Waals surface area (Å²) in [6, 6.07) is 11.7. The van der Waals surface area contributed by atoms with E-state index in [1.165, 1.54) is 14.0 Å². The molecular formula is C20H21NO6. The number of carbonyl (C=O) groups is 3. The van der Waals surface area contributed by atoms with E-state index in [1.807, 2.05) is 13.0 Å². The third kappa shape index (κ3) is 6.14. The van der Waals surface area contributed by atoms with Gasteiger partial charge in [-0.3, -0.25) is 9.59 Å². The van der Waals surface area contributed by atoms with Crippen molar-refractivity contribution < 1.29 is 28.6 Å². The molecule has 2 rings (SSSR count). The molecule has 7 nitrogen and oxygen atoms in total. The van der Waals surface area contributed by atoms with E-state index in [4.69, 9.17) is 14.2 Å². The number of hydrogen-bond acceptors (Lipinski definition) is 6. The van der Waals surface area contributed by atoms with Gasteiger partial charge in [-0.1, -0.05) is 6.07 Å². The molecule has 2 aromatic rings. The zero-order chi connectivity index (χ0) is 19.8. The zero-order valence-electron chi connectivity index (χ0n) is 15.4. The number of methoxy groups -OCH3 is 1. The first kappa shape index (κ1) is 20.0. The molecular weight excluding hydrogens is 350 g/mol. The van der Waals surface area contributed by atoms with Crippen LogP contribution >= 0.6 is 0 Å². The molecule has 1 N–H and O–H groups in total. The fourth-order valence-electron chi connectivity index (χ4n) is 2.22. The highest BCUT2D eigenvalue weighted by Crippen LogP contribution is 2.25. The summed E-state index contributed by atoms with van der Waals surface area (Å²) in [6.45, 7) is 2.56. The van der Waals surface area contributed by atoms with E-state index >= 15 is 0 Å². The highest BCUT2D eigenvalue weighted by molar-refractivity contribution is 5.94. The highest BCUT2D eigenvalue weighted by atomic mass is 16.6. The molecule has 0 spiro atoms. The Kier molecular flexibility index (Phi) is 6.93. The lowest BCUT2D eigenvalue weighted by Gasteiger charge is -2.11. The van der Waals surface area contributed by atoms with E-state index < -0.39 is 18.5 Å². The number of carbonyl (C=O) groups excluding carboxylic acids is 3. The van der Waals surface area contributed by atoms with Crippen molar-refractivity contribution >= 4 is 23.3 Å². The number of aryl methyl sites for hydroxylation is 1. The minimum Gasteiger partial charge on any atom is -0.495 e. The van der Waals surface area contributed by atoms with Gasteiger partial charge in [0.25, 0.3) is 5.91 Å². The van der Waals surface area contributed by atoms with E-state index in [2.05, 4.69) is 5.32 Å². The molecule has 0 fully saturated rings. The van der Waals surface area contributed by atoms with Gasteiger partial charge in [0.1, 0.15) is 11.5 Å². The number of nitrogens with one attached hydrogen (secondary N) is 1. The normalized spacial score (nSPS) is 10.0. The number of hydrogen-bond donors (Lipinski definition) is 1. The maximum Gasteiger partial charge on any atom is 0.344 e. The molecule has 142 valence electrons. The Bertz CT molecular complexity index is 829. The first-order valence-electron chi connectivity index (χ1n) is 8.23. The second-order valence-electron chi connectivity index (χ2n) is 5.78. The Balaban J connectivity index is 1.79. The van der Waals surface area contributed by atoms with Crippen molar-refractivity contribution in [1.29, 1.82) is 0 Å². The van der Waals surface area contributed by atoms with E-state index in [1.54, 1.807) is 36.4 Å². The van der Waals surface area contributed by atoms with E-state index in [0.717, 1.165) is 5.56 Å². The lowest BCUT2D eigenvalue weighted by Crippen LogP contribution is -2.23. The number of rotatable bonds is 8. The second-order valence-corrected chi connectivity index (χ2v) is 5.78. The van der Waals surface area contributed by atoms with E-state index in [9.17, 15) is 14.4 Å². The Labute approximate surface area is 157 Å². The van der Waals surface area contributed by atoms with Crippen LogP contribution in [0.15, 0.2) is 42.5 Å². The number of ether oxygens (including phenoxy) is 3. The van der Waals surface area contributed by atoms with Crippen LogP contribution in [-0.4, -0.2) is 38.0 Å². The fourth-order valence-corrected chi connectivity index (χ4v) is 2.22. The van der Waals surface area contributed by atoms with Gasteiger partial charge >= 0.3 is 5.97 Å². The highest BCUT2D eigenvalue weighted by Gasteiger charge is 2.11. The lowest BCUT2D eigenvalue weighted by molar-refractivity contribution is -0.149. The number of amides is 1. The van der Waals surface area contributed by atoms with Gasteiger partial charge in [-0.15, -0.1) is 0 Å². The maximum atomic E-state index is 12.0. The molecule has 2 aromatic carbocycles. The minimum atomic E-state index is -0.683. The fraction of sp³-hybridized carbons (Fsp3) is 0.250. The average molecular weight is 371 g/mol. The number of anilines is 1. The molecule has 0 aliphatic rings. The van der Waals surface area contributed by atoms with Crippen LogP contribution in [0.2, 0.25) is 0 Å². The smallest absolute Gasteiger partial charge is 0.344 e. The maximum absolute atomic E-state index is 12.0. The van der Waals surface area contributed by atoms with Crippen LogP contribution in [0.3, 0.4) is 0 Å². The number of ketones is 1. The van der Waals surface area contributed by atoms with Gasteiger partial charge in [-0.05, 0) is 55.8 Å². The molecule has 0 bridgehead atoms. The summed E-state index contributed by atoms with van der Waals surface area (Å²) in [5, 5.41) is 2.63. The molecule has 0 atom stereocenters. The Morgan fingerprint density at radius 1 is 1.00 bits per heavy atom. The van der Waals surface area contributed by atoms with E-state index in [-0.39, 0.29) is 12.4 Å². The summed E-state index contributed by atoms with van der Waals surface area (Å²) in [6.07, 6.45) is 0. The Hall–Kier alpha value is -3.35. The topological polar surface area (TPSA) is 90.9 Å². The molecule has 0 aliphatic heterocycles. The van der Waals surface area contributed by atoms with Crippen molar-refractivity contribution in [3.05, 3.63) is 53.6 Å². The van der Waals surface area contributed by atoms with Crippen molar-refractivity contribution in [2.24, 2.45) is 0 Å². The zero-order valence-corrected chi connectivity index (χ0v) is 15.4. The molecule has 0 unspecified atom stereocenters. The molecule has 27 heavy (non-hydrogen) atoms. The van der Waals surface area contributed by atoms with Crippen LogP contribution < -0.4 is 14.8 Å². The molecule has 0 saturated carbocycles. The van der Waals surface area contributed by atoms with Gasteiger partial charge in [-0.25, -0.2) is 4.79 Å². The quantitative estimate of drug-likeness (QED) is 0.567. The van der Waals surface area contributed by atoms with Crippen LogP contribution in [0.4, 0.5) is 5.69 Å². The monoisotopic (exact) mass is 371 g/mol. The van der Waals surface area contributed by atoms with Gasteiger partial charge in [0.2, 0.25) is 0 Å². The summed E-state index contributed by atoms with van der Waals surface area (Å²) >= 11 is 0. The predicted octanol–water partition coefficient (Wildman–Crippen LogP) is 2.77. The van der Waals surface area contributed by atoms with E-state index in [0.29, 0.717) is 22.7 Å². The standard InChI is InChI=1S/C20H21NO6/c1-13-4-9-18(25-3)17(10-13)21-19(23)11-27-20(24)12-26-16-7-5-15(6-8-16)14(2)22/h4-10H,11-12H2,1-3H3,(H,21,23). The first-order valence-corrected chi connectivity index (χ1v) is 8.23. The van der Waals surface area contributed by atoms with Crippen molar-refractivity contribution in [3.63, 3.8) is 0 Å². The van der Waals surface area contributed by atoms with Crippen LogP contribution in [-0.2, 0) is 14.3 Å². The van der Waals surface area contributed by atoms with Gasteiger partial charge in [-0.2, -0.15) is 0 Å². The van der Waals surface area contributed by atoms with Crippen molar-refractivity contribution in [2.75, 3.05) is 25.6 Å². The van der Waals surface area contributed by atoms with Crippen LogP contribution in [0.5, 0.6) is 11.5 Å². The lowest BCUT2D eigenvalue weighted by atomic mass is 10.1. The molecule has 0 saturated heterocycles. The first-order chi connectivity index (χ1) is 12.9. The van der Waals surface area contributed by atoms with Gasteiger partial charge in [0.15, 0.2) is 19.0 Å². The summed E-state index contributed by atoms with van der Waals surface area (Å²) in [5.74, 6) is -0.296. The van der Waals surface area contributed by atoms with Crippen LogP contribution in [0.1, 0.15) is 22.8 Å². The summed E-state index contributed by atoms with van der Waals surface area (Å²) < 4.78 is 15.3. The van der Waals surface area contributed by atoms with Crippen molar-refractivity contribution in [3.8, 4) is 11.5 Å². The summed E-state index contributed by atoms with van der Waals surface area (Å²) in [4.78, 5) is 34.9. The molecule has 0 aromatic heterocycles. The predicted molar refractivity (Wildman–Crippen MR) is 99.3 cm³/mol. The van der Waals surface area contributed by atoms with Crippen molar-refractivity contribution in [2.45, 2.75) is 13.8 Å². The van der Waals surface area contributed by atoms with Crippen LogP contribution in [0, 0.1) is 6.92 Å². The third-order valence-electron chi connectivity index (χ3n) is 3.61. The van der Waals surface area contributed by atoms with Crippen molar-refractivity contribution in [1.82, 2.24) is 0 Å². The third-order valence-corrected chi connectivity index (χ3v) is 3.61. The van der Waals surface area contributed by atoms with Crippen LogP contribution in [0.25, 0.3) is 0 Å². The van der Waals surface area contributed by atoms with Gasteiger partial charge in [0, 0.05) is 5.56 Å². The molecule has 1 amide bonds. The molecule has 7 heteroatoms. The number of benzene rings is 2. The second kappa shape index (κ2) is 9.38. The molecule has 0 heterocycles. The largest absolute Gasteiger partial charge is 0.495 e. The number of Topliss-reactive ketones (excluding diaryl/α,β-unsaturated/α-hetero) is 1. The molecule has 0 radical (unpaired) electrons. The number of esters is 1. The Morgan fingerprint density at radius 3 is 2.33 bits per heavy atom. The summed E-state index contributed by atoms with van der Waals surface area (Å²) in [5.41, 5.74) is 2.00. The van der Waals surface area contributed by atoms with Gasteiger partial charge < -0.3 is 19.5 Å². The average Bonchev–Trinajstić information content (AvgIpc) is 2.65. The molecule has 0 aliphatic carbocycles. The van der Waals surface area contributed by atoms with Gasteiger partial charge in [0.05, 0.1) is 12.8 Å². The minimum absolute atomic E-state index is 0.0581.